The number of nitrogens with zero attached hydrogens (tertiary/aromatic N) is 4. The minimum Gasteiger partial charge on any atom is -0.343 e. The third kappa shape index (κ3) is 3.48. The molecule has 0 saturated heterocycles. The van der Waals surface area contributed by atoms with Gasteiger partial charge in [-0.05, 0) is 30.4 Å². The lowest BCUT2D eigenvalue weighted by atomic mass is 9.95. The largest absolute Gasteiger partial charge is 0.343 e. The number of rotatable bonds is 5. The molecule has 8 heteroatoms. The molecule has 25 heavy (non-hydrogen) atoms. The summed E-state index contributed by atoms with van der Waals surface area (Å²) in [5, 5.41) is 22.1. The molecule has 3 heterocycles. The second kappa shape index (κ2) is 7.18. The zero-order valence-electron chi connectivity index (χ0n) is 13.8. The Hall–Kier alpha value is -2.48. The fraction of sp³-hybridized carbons (Fsp3) is 0.412. The minimum atomic E-state index is -0.188. The molecule has 1 aliphatic rings. The predicted octanol–water partition coefficient (Wildman–Crippen LogP) is 3.16. The molecule has 0 radical (unpaired) electrons. The number of thiophene rings is 1. The summed E-state index contributed by atoms with van der Waals surface area (Å²) in [6.45, 7) is 0.363. The van der Waals surface area contributed by atoms with Crippen LogP contribution < -0.4 is 5.32 Å². The molecule has 130 valence electrons. The first-order valence-electron chi connectivity index (χ1n) is 8.56. The van der Waals surface area contributed by atoms with Crippen molar-refractivity contribution in [3.05, 3.63) is 40.7 Å². The molecular weight excluding hydrogens is 336 g/mol. The van der Waals surface area contributed by atoms with Gasteiger partial charge in [0.1, 0.15) is 12.0 Å². The monoisotopic (exact) mass is 356 g/mol. The maximum atomic E-state index is 12.4. The SMILES string of the molecule is O=C(NCc1nncn1C1CCCCC1)c1cc(-c2ccsc2)n[nH]1. The Morgan fingerprint density at radius 1 is 1.36 bits per heavy atom. The Balaban J connectivity index is 1.40. The summed E-state index contributed by atoms with van der Waals surface area (Å²) >= 11 is 1.60. The average Bonchev–Trinajstić information content (AvgIpc) is 3.41. The van der Waals surface area contributed by atoms with Gasteiger partial charge >= 0.3 is 0 Å². The number of aromatic amines is 1. The predicted molar refractivity (Wildman–Crippen MR) is 95.2 cm³/mol. The fourth-order valence-corrected chi connectivity index (χ4v) is 3.96. The third-order valence-corrected chi connectivity index (χ3v) is 5.35. The smallest absolute Gasteiger partial charge is 0.269 e. The molecule has 4 rings (SSSR count). The molecule has 0 atom stereocenters. The second-order valence-electron chi connectivity index (χ2n) is 6.31. The summed E-state index contributed by atoms with van der Waals surface area (Å²) in [6, 6.07) is 4.20. The van der Waals surface area contributed by atoms with E-state index in [9.17, 15) is 4.79 Å². The van der Waals surface area contributed by atoms with Crippen LogP contribution in [-0.4, -0.2) is 30.9 Å². The lowest BCUT2D eigenvalue weighted by molar-refractivity contribution is 0.0944. The van der Waals surface area contributed by atoms with Gasteiger partial charge in [0.05, 0.1) is 12.2 Å². The highest BCUT2D eigenvalue weighted by atomic mass is 32.1. The number of carbonyl (C=O) groups is 1. The standard InChI is InChI=1S/C17H20N6OS/c24-17(15-8-14(20-21-15)12-6-7-25-10-12)18-9-16-22-19-11-23(16)13-4-2-1-3-5-13/h6-8,10-11,13H,1-5,9H2,(H,18,24)(H,20,21). The molecule has 1 aliphatic carbocycles. The van der Waals surface area contributed by atoms with Crippen molar-refractivity contribution in [3.63, 3.8) is 0 Å². The normalized spacial score (nSPS) is 15.4. The Morgan fingerprint density at radius 2 is 2.24 bits per heavy atom. The average molecular weight is 356 g/mol. The maximum absolute atomic E-state index is 12.4. The third-order valence-electron chi connectivity index (χ3n) is 4.66. The van der Waals surface area contributed by atoms with Gasteiger partial charge in [-0.2, -0.15) is 16.4 Å². The molecule has 0 spiro atoms. The van der Waals surface area contributed by atoms with Crippen molar-refractivity contribution in [2.45, 2.75) is 44.7 Å². The molecule has 1 amide bonds. The lowest BCUT2D eigenvalue weighted by Crippen LogP contribution is -2.26. The molecule has 7 nitrogen and oxygen atoms in total. The molecule has 3 aromatic heterocycles. The van der Waals surface area contributed by atoms with Gasteiger partial charge < -0.3 is 9.88 Å². The van der Waals surface area contributed by atoms with Crippen LogP contribution in [-0.2, 0) is 6.54 Å². The Bertz CT molecular complexity index is 831. The van der Waals surface area contributed by atoms with Gasteiger partial charge in [0.25, 0.3) is 5.91 Å². The number of nitrogens with one attached hydrogen (secondary N) is 2. The molecular formula is C17H20N6OS. The van der Waals surface area contributed by atoms with Crippen LogP contribution in [0.4, 0.5) is 0 Å². The first kappa shape index (κ1) is 16.0. The van der Waals surface area contributed by atoms with Crippen LogP contribution in [0.1, 0.15) is 54.5 Å². The number of amides is 1. The van der Waals surface area contributed by atoms with E-state index >= 15 is 0 Å². The van der Waals surface area contributed by atoms with Gasteiger partial charge in [0.15, 0.2) is 5.82 Å². The molecule has 1 saturated carbocycles. The van der Waals surface area contributed by atoms with E-state index in [-0.39, 0.29) is 5.91 Å². The molecule has 0 aromatic carbocycles. The highest BCUT2D eigenvalue weighted by molar-refractivity contribution is 7.08. The first-order chi connectivity index (χ1) is 12.3. The van der Waals surface area contributed by atoms with Gasteiger partial charge in [0, 0.05) is 17.0 Å². The first-order valence-corrected chi connectivity index (χ1v) is 9.50. The van der Waals surface area contributed by atoms with Crippen LogP contribution in [0.2, 0.25) is 0 Å². The van der Waals surface area contributed by atoms with Crippen molar-refractivity contribution in [1.82, 2.24) is 30.3 Å². The van der Waals surface area contributed by atoms with Crippen molar-refractivity contribution in [2.75, 3.05) is 0 Å². The van der Waals surface area contributed by atoms with E-state index in [0.29, 0.717) is 18.3 Å². The molecule has 0 unspecified atom stereocenters. The van der Waals surface area contributed by atoms with E-state index in [1.165, 1.54) is 19.3 Å². The van der Waals surface area contributed by atoms with Crippen LogP contribution in [0, 0.1) is 0 Å². The van der Waals surface area contributed by atoms with E-state index in [1.54, 1.807) is 23.7 Å². The van der Waals surface area contributed by atoms with Gasteiger partial charge in [-0.1, -0.05) is 19.3 Å². The quantitative estimate of drug-likeness (QED) is 0.735. The van der Waals surface area contributed by atoms with Crippen molar-refractivity contribution in [1.29, 1.82) is 0 Å². The highest BCUT2D eigenvalue weighted by Gasteiger charge is 2.19. The van der Waals surface area contributed by atoms with Gasteiger partial charge in [0.2, 0.25) is 0 Å². The van der Waals surface area contributed by atoms with Crippen LogP contribution in [0.15, 0.2) is 29.2 Å². The topological polar surface area (TPSA) is 88.5 Å². The Labute approximate surface area is 149 Å². The zero-order chi connectivity index (χ0) is 17.1. The van der Waals surface area contributed by atoms with E-state index in [4.69, 9.17) is 0 Å². The van der Waals surface area contributed by atoms with Gasteiger partial charge in [-0.3, -0.25) is 9.89 Å². The maximum Gasteiger partial charge on any atom is 0.269 e. The minimum absolute atomic E-state index is 0.188. The summed E-state index contributed by atoms with van der Waals surface area (Å²) < 4.78 is 2.11. The van der Waals surface area contributed by atoms with Crippen molar-refractivity contribution >= 4 is 17.2 Å². The summed E-state index contributed by atoms with van der Waals surface area (Å²) in [5.74, 6) is 0.616. The van der Waals surface area contributed by atoms with Crippen LogP contribution in [0.5, 0.6) is 0 Å². The fourth-order valence-electron chi connectivity index (χ4n) is 3.31. The van der Waals surface area contributed by atoms with E-state index < -0.39 is 0 Å². The van der Waals surface area contributed by atoms with E-state index in [1.807, 2.05) is 16.8 Å². The van der Waals surface area contributed by atoms with Crippen LogP contribution >= 0.6 is 11.3 Å². The van der Waals surface area contributed by atoms with Crippen molar-refractivity contribution in [2.24, 2.45) is 0 Å². The van der Waals surface area contributed by atoms with Gasteiger partial charge in [-0.15, -0.1) is 10.2 Å². The summed E-state index contributed by atoms with van der Waals surface area (Å²) in [7, 11) is 0. The number of H-pyrrole nitrogens is 1. The van der Waals surface area contributed by atoms with E-state index in [0.717, 1.165) is 29.9 Å². The summed E-state index contributed by atoms with van der Waals surface area (Å²) in [6.07, 6.45) is 7.88. The molecule has 3 aromatic rings. The molecule has 2 N–H and O–H groups in total. The highest BCUT2D eigenvalue weighted by Crippen LogP contribution is 2.28. The van der Waals surface area contributed by atoms with E-state index in [2.05, 4.69) is 30.3 Å². The Kier molecular flexibility index (Phi) is 4.60. The number of aromatic nitrogens is 5. The molecule has 0 aliphatic heterocycles. The number of carbonyl (C=O) groups excluding carboxylic acids is 1. The lowest BCUT2D eigenvalue weighted by Gasteiger charge is -2.23. The number of hydrogen-bond donors (Lipinski definition) is 2. The Morgan fingerprint density at radius 3 is 3.04 bits per heavy atom. The van der Waals surface area contributed by atoms with Gasteiger partial charge in [-0.25, -0.2) is 0 Å². The van der Waals surface area contributed by atoms with Crippen LogP contribution in [0.25, 0.3) is 11.3 Å². The van der Waals surface area contributed by atoms with Crippen LogP contribution in [0.3, 0.4) is 0 Å². The zero-order valence-corrected chi connectivity index (χ0v) is 14.6. The molecule has 0 bridgehead atoms. The summed E-state index contributed by atoms with van der Waals surface area (Å²) in [4.78, 5) is 12.4. The molecule has 1 fully saturated rings. The van der Waals surface area contributed by atoms with Crippen molar-refractivity contribution in [3.8, 4) is 11.3 Å². The number of hydrogen-bond acceptors (Lipinski definition) is 5. The van der Waals surface area contributed by atoms with Crippen molar-refractivity contribution < 1.29 is 4.79 Å². The summed E-state index contributed by atoms with van der Waals surface area (Å²) in [5.41, 5.74) is 2.24. The second-order valence-corrected chi connectivity index (χ2v) is 7.09.